The number of aliphatic hydroxyl groups excluding tert-OH is 1. The highest BCUT2D eigenvalue weighted by Crippen LogP contribution is 2.14. The van der Waals surface area contributed by atoms with Crippen LogP contribution in [0.4, 0.5) is 5.69 Å². The predicted molar refractivity (Wildman–Crippen MR) is 73.5 cm³/mol. The fourth-order valence-electron chi connectivity index (χ4n) is 1.82. The highest BCUT2D eigenvalue weighted by Gasteiger charge is 2.13. The van der Waals surface area contributed by atoms with Gasteiger partial charge in [-0.05, 0) is 17.7 Å². The Balaban J connectivity index is 1.87. The van der Waals surface area contributed by atoms with Gasteiger partial charge < -0.3 is 14.8 Å². The third-order valence-corrected chi connectivity index (χ3v) is 2.85. The zero-order valence-corrected chi connectivity index (χ0v) is 11.1. The molecule has 0 unspecified atom stereocenters. The molecule has 0 saturated heterocycles. The second-order valence-corrected chi connectivity index (χ2v) is 4.44. The van der Waals surface area contributed by atoms with Crippen molar-refractivity contribution in [3.05, 3.63) is 64.1 Å². The Kier molecular flexibility index (Phi) is 4.68. The summed E-state index contributed by atoms with van der Waals surface area (Å²) < 4.78 is 5.01. The molecule has 0 fully saturated rings. The average Bonchev–Trinajstić information content (AvgIpc) is 2.99. The molecule has 110 valence electrons. The predicted octanol–water partition coefficient (Wildman–Crippen LogP) is 1.58. The molecule has 0 spiro atoms. The van der Waals surface area contributed by atoms with E-state index in [1.54, 1.807) is 18.2 Å². The second-order valence-electron chi connectivity index (χ2n) is 4.44. The molecule has 21 heavy (non-hydrogen) atoms. The number of aliphatic hydroxyl groups is 1. The Morgan fingerprint density at radius 3 is 2.86 bits per heavy atom. The summed E-state index contributed by atoms with van der Waals surface area (Å²) in [6.07, 6.45) is 0.518. The van der Waals surface area contributed by atoms with Crippen LogP contribution in [0.1, 0.15) is 17.4 Å². The van der Waals surface area contributed by atoms with Crippen molar-refractivity contribution >= 4 is 11.6 Å². The van der Waals surface area contributed by atoms with Crippen LogP contribution in [0.5, 0.6) is 0 Å². The highest BCUT2D eigenvalue weighted by atomic mass is 16.6. The molecule has 1 aromatic heterocycles. The Bertz CT molecular complexity index is 624. The number of hydrogen-bond donors (Lipinski definition) is 2. The van der Waals surface area contributed by atoms with Crippen LogP contribution >= 0.6 is 0 Å². The van der Waals surface area contributed by atoms with E-state index in [0.717, 1.165) is 0 Å². The number of benzene rings is 1. The van der Waals surface area contributed by atoms with Crippen LogP contribution in [-0.2, 0) is 11.2 Å². The van der Waals surface area contributed by atoms with Gasteiger partial charge in [-0.1, -0.05) is 12.1 Å². The Labute approximate surface area is 120 Å². The molecule has 1 heterocycles. The quantitative estimate of drug-likeness (QED) is 0.620. The van der Waals surface area contributed by atoms with E-state index < -0.39 is 11.0 Å². The minimum Gasteiger partial charge on any atom is -0.467 e. The minimum absolute atomic E-state index is 0.00650. The van der Waals surface area contributed by atoms with Gasteiger partial charge in [0.05, 0.1) is 24.2 Å². The van der Waals surface area contributed by atoms with Crippen LogP contribution in [0.15, 0.2) is 47.1 Å². The van der Waals surface area contributed by atoms with Crippen LogP contribution in [0, 0.1) is 10.1 Å². The first kappa shape index (κ1) is 14.7. The lowest BCUT2D eigenvalue weighted by Crippen LogP contribution is -2.29. The van der Waals surface area contributed by atoms with Crippen LogP contribution < -0.4 is 5.32 Å². The SMILES string of the molecule is O=C(Cc1cccc([N+](=O)[O-])c1)NC[C@@H](O)c1ccco1. The molecule has 0 aliphatic heterocycles. The largest absolute Gasteiger partial charge is 0.467 e. The van der Waals surface area contributed by atoms with Crippen molar-refractivity contribution in [2.75, 3.05) is 6.54 Å². The number of furan rings is 1. The summed E-state index contributed by atoms with van der Waals surface area (Å²) in [7, 11) is 0. The van der Waals surface area contributed by atoms with E-state index in [-0.39, 0.29) is 24.6 Å². The van der Waals surface area contributed by atoms with Gasteiger partial charge in [0.15, 0.2) is 0 Å². The molecule has 1 amide bonds. The van der Waals surface area contributed by atoms with Crippen molar-refractivity contribution in [1.82, 2.24) is 5.32 Å². The van der Waals surface area contributed by atoms with Gasteiger partial charge in [-0.15, -0.1) is 0 Å². The molecule has 2 aromatic rings. The van der Waals surface area contributed by atoms with Gasteiger partial charge in [0.1, 0.15) is 11.9 Å². The monoisotopic (exact) mass is 290 g/mol. The van der Waals surface area contributed by atoms with Crippen molar-refractivity contribution in [3.8, 4) is 0 Å². The maximum Gasteiger partial charge on any atom is 0.269 e. The maximum absolute atomic E-state index is 11.7. The summed E-state index contributed by atoms with van der Waals surface area (Å²) in [5.74, 6) is 0.0340. The lowest BCUT2D eigenvalue weighted by molar-refractivity contribution is -0.384. The van der Waals surface area contributed by atoms with Crippen molar-refractivity contribution in [2.45, 2.75) is 12.5 Å². The third-order valence-electron chi connectivity index (χ3n) is 2.85. The fourth-order valence-corrected chi connectivity index (χ4v) is 1.82. The number of rotatable bonds is 6. The molecule has 2 rings (SSSR count). The Morgan fingerprint density at radius 2 is 2.19 bits per heavy atom. The lowest BCUT2D eigenvalue weighted by atomic mass is 10.1. The summed E-state index contributed by atoms with van der Waals surface area (Å²) in [6, 6.07) is 9.12. The molecule has 0 aliphatic carbocycles. The smallest absolute Gasteiger partial charge is 0.269 e. The number of nitro benzene ring substituents is 1. The molecule has 0 bridgehead atoms. The van der Waals surface area contributed by atoms with Gasteiger partial charge in [-0.25, -0.2) is 0 Å². The van der Waals surface area contributed by atoms with Crippen molar-refractivity contribution in [2.24, 2.45) is 0 Å². The number of non-ortho nitro benzene ring substituents is 1. The van der Waals surface area contributed by atoms with Gasteiger partial charge in [-0.3, -0.25) is 14.9 Å². The number of nitrogens with zero attached hydrogens (tertiary/aromatic N) is 1. The highest BCUT2D eigenvalue weighted by molar-refractivity contribution is 5.78. The summed E-state index contributed by atoms with van der Waals surface area (Å²) >= 11 is 0. The molecule has 7 nitrogen and oxygen atoms in total. The molecule has 2 N–H and O–H groups in total. The van der Waals surface area contributed by atoms with Gasteiger partial charge in [-0.2, -0.15) is 0 Å². The van der Waals surface area contributed by atoms with Crippen LogP contribution in [0.3, 0.4) is 0 Å². The van der Waals surface area contributed by atoms with E-state index in [2.05, 4.69) is 5.32 Å². The molecule has 7 heteroatoms. The van der Waals surface area contributed by atoms with Gasteiger partial charge in [0.2, 0.25) is 5.91 Å². The fraction of sp³-hybridized carbons (Fsp3) is 0.214. The molecule has 0 radical (unpaired) electrons. The van der Waals surface area contributed by atoms with Gasteiger partial charge in [0.25, 0.3) is 5.69 Å². The Morgan fingerprint density at radius 1 is 1.38 bits per heavy atom. The molecular weight excluding hydrogens is 276 g/mol. The number of hydrogen-bond acceptors (Lipinski definition) is 5. The number of carbonyl (C=O) groups excluding carboxylic acids is 1. The van der Waals surface area contributed by atoms with E-state index in [0.29, 0.717) is 11.3 Å². The summed E-state index contributed by atoms with van der Waals surface area (Å²) in [6.45, 7) is 0.0152. The summed E-state index contributed by atoms with van der Waals surface area (Å²) in [4.78, 5) is 21.9. The van der Waals surface area contributed by atoms with Crippen LogP contribution in [0.25, 0.3) is 0 Å². The van der Waals surface area contributed by atoms with Crippen molar-refractivity contribution in [3.63, 3.8) is 0 Å². The van der Waals surface area contributed by atoms with Gasteiger partial charge >= 0.3 is 0 Å². The third kappa shape index (κ3) is 4.15. The second kappa shape index (κ2) is 6.67. The normalized spacial score (nSPS) is 11.9. The van der Waals surface area contributed by atoms with E-state index >= 15 is 0 Å². The zero-order chi connectivity index (χ0) is 15.2. The molecule has 1 aromatic carbocycles. The number of carbonyl (C=O) groups is 1. The van der Waals surface area contributed by atoms with Crippen LogP contribution in [-0.4, -0.2) is 22.5 Å². The van der Waals surface area contributed by atoms with Crippen molar-refractivity contribution in [1.29, 1.82) is 0 Å². The van der Waals surface area contributed by atoms with E-state index in [1.807, 2.05) is 0 Å². The molecule has 0 saturated carbocycles. The van der Waals surface area contributed by atoms with Gasteiger partial charge in [0, 0.05) is 12.1 Å². The number of nitro groups is 1. The summed E-state index contributed by atoms with van der Waals surface area (Å²) in [5.41, 5.74) is 0.477. The first-order chi connectivity index (χ1) is 10.1. The van der Waals surface area contributed by atoms with Crippen molar-refractivity contribution < 1.29 is 19.2 Å². The van der Waals surface area contributed by atoms with E-state index in [4.69, 9.17) is 4.42 Å². The van der Waals surface area contributed by atoms with E-state index in [9.17, 15) is 20.0 Å². The first-order valence-corrected chi connectivity index (χ1v) is 6.28. The minimum atomic E-state index is -0.922. The topological polar surface area (TPSA) is 106 Å². The number of amides is 1. The standard InChI is InChI=1S/C14H14N2O5/c17-12(13-5-2-6-21-13)9-15-14(18)8-10-3-1-4-11(7-10)16(19)20/h1-7,12,17H,8-9H2,(H,15,18)/t12-/m1/s1. The number of nitrogens with one attached hydrogen (secondary N) is 1. The van der Waals surface area contributed by atoms with E-state index in [1.165, 1.54) is 24.5 Å². The molecule has 0 aliphatic rings. The molecular formula is C14H14N2O5. The Hall–Kier alpha value is -2.67. The average molecular weight is 290 g/mol. The first-order valence-electron chi connectivity index (χ1n) is 6.28. The zero-order valence-electron chi connectivity index (χ0n) is 11.1. The lowest BCUT2D eigenvalue weighted by Gasteiger charge is -2.09. The summed E-state index contributed by atoms with van der Waals surface area (Å²) in [5, 5.41) is 22.9. The molecule has 1 atom stereocenters. The van der Waals surface area contributed by atoms with Crippen LogP contribution in [0.2, 0.25) is 0 Å². The maximum atomic E-state index is 11.7.